The Hall–Kier alpha value is -3.24. The molecule has 2 N–H and O–H groups in total. The summed E-state index contributed by atoms with van der Waals surface area (Å²) in [6.45, 7) is 2.10. The number of aryl methyl sites for hydroxylation is 1. The second-order valence-electron chi connectivity index (χ2n) is 7.10. The molecule has 3 aromatic rings. The molecule has 0 aliphatic heterocycles. The highest BCUT2D eigenvalue weighted by molar-refractivity contribution is 5.98. The maximum atomic E-state index is 12.4. The first-order valence-electron chi connectivity index (χ1n) is 9.73. The molecule has 0 bridgehead atoms. The van der Waals surface area contributed by atoms with Crippen molar-refractivity contribution in [3.8, 4) is 11.1 Å². The maximum absolute atomic E-state index is 12.4. The molecule has 148 valence electrons. The summed E-state index contributed by atoms with van der Waals surface area (Å²) in [4.78, 5) is 24.4. The van der Waals surface area contributed by atoms with Crippen LogP contribution in [0.5, 0.6) is 0 Å². The van der Waals surface area contributed by atoms with Crippen molar-refractivity contribution in [2.24, 2.45) is 0 Å². The normalized spacial score (nSPS) is 11.7. The van der Waals surface area contributed by atoms with Gasteiger partial charge in [-0.15, -0.1) is 0 Å². The standard InChI is InChI=1S/C25H25NO3/c1-18-7-9-22(10-8-18)24(28)17-26-25(29)16-15-23(27)21-13-11-20(12-14-21)19-5-3-2-4-6-19/h2-14,24,28H,15-17H2,1H3,(H,26,29). The third-order valence-electron chi connectivity index (χ3n) is 4.85. The number of aliphatic hydroxyl groups excluding tert-OH is 1. The predicted octanol–water partition coefficient (Wildman–Crippen LogP) is 4.47. The van der Waals surface area contributed by atoms with Gasteiger partial charge in [0, 0.05) is 24.9 Å². The van der Waals surface area contributed by atoms with Crippen molar-refractivity contribution < 1.29 is 14.7 Å². The van der Waals surface area contributed by atoms with Gasteiger partial charge in [-0.3, -0.25) is 9.59 Å². The van der Waals surface area contributed by atoms with Crippen LogP contribution in [0.2, 0.25) is 0 Å². The summed E-state index contributed by atoms with van der Waals surface area (Å²) in [5, 5.41) is 12.8. The van der Waals surface area contributed by atoms with E-state index in [0.717, 1.165) is 22.3 Å². The summed E-state index contributed by atoms with van der Waals surface area (Å²) in [5.41, 5.74) is 4.60. The Morgan fingerprint density at radius 3 is 2.10 bits per heavy atom. The monoisotopic (exact) mass is 387 g/mol. The third-order valence-corrected chi connectivity index (χ3v) is 4.85. The minimum Gasteiger partial charge on any atom is -0.387 e. The van der Waals surface area contributed by atoms with Gasteiger partial charge in [-0.2, -0.15) is 0 Å². The van der Waals surface area contributed by atoms with Crippen LogP contribution in [-0.4, -0.2) is 23.3 Å². The molecule has 3 rings (SSSR count). The number of hydrogen-bond donors (Lipinski definition) is 2. The lowest BCUT2D eigenvalue weighted by Crippen LogP contribution is -2.28. The van der Waals surface area contributed by atoms with E-state index in [2.05, 4.69) is 5.32 Å². The van der Waals surface area contributed by atoms with Crippen LogP contribution in [0.1, 0.15) is 40.4 Å². The van der Waals surface area contributed by atoms with Gasteiger partial charge in [0.1, 0.15) is 0 Å². The molecule has 4 nitrogen and oxygen atoms in total. The Morgan fingerprint density at radius 2 is 1.45 bits per heavy atom. The van der Waals surface area contributed by atoms with Gasteiger partial charge >= 0.3 is 0 Å². The molecule has 1 unspecified atom stereocenters. The highest BCUT2D eigenvalue weighted by Crippen LogP contribution is 2.20. The van der Waals surface area contributed by atoms with E-state index in [1.807, 2.05) is 73.7 Å². The second kappa shape index (κ2) is 9.80. The molecule has 0 heterocycles. The fourth-order valence-corrected chi connectivity index (χ4v) is 3.06. The predicted molar refractivity (Wildman–Crippen MR) is 115 cm³/mol. The zero-order chi connectivity index (χ0) is 20.6. The molecule has 0 aliphatic rings. The van der Waals surface area contributed by atoms with Crippen LogP contribution in [0.4, 0.5) is 0 Å². The van der Waals surface area contributed by atoms with Gasteiger partial charge in [0.05, 0.1) is 6.10 Å². The summed E-state index contributed by atoms with van der Waals surface area (Å²) in [6.07, 6.45) is -0.530. The highest BCUT2D eigenvalue weighted by atomic mass is 16.3. The Bertz CT molecular complexity index is 948. The summed E-state index contributed by atoms with van der Waals surface area (Å²) < 4.78 is 0. The van der Waals surface area contributed by atoms with Crippen LogP contribution in [0, 0.1) is 6.92 Å². The molecule has 4 heteroatoms. The van der Waals surface area contributed by atoms with E-state index in [1.54, 1.807) is 12.1 Å². The van der Waals surface area contributed by atoms with Gasteiger partial charge < -0.3 is 10.4 Å². The number of Topliss-reactive ketones (excluding diaryl/α,β-unsaturated/α-hetero) is 1. The van der Waals surface area contributed by atoms with Crippen molar-refractivity contribution >= 4 is 11.7 Å². The number of rotatable bonds is 8. The minimum atomic E-state index is -0.763. The first kappa shape index (κ1) is 20.5. The second-order valence-corrected chi connectivity index (χ2v) is 7.10. The topological polar surface area (TPSA) is 66.4 Å². The number of carbonyl (C=O) groups excluding carboxylic acids is 2. The van der Waals surface area contributed by atoms with Crippen LogP contribution in [0.25, 0.3) is 11.1 Å². The van der Waals surface area contributed by atoms with E-state index in [4.69, 9.17) is 0 Å². The van der Waals surface area contributed by atoms with E-state index >= 15 is 0 Å². The number of amides is 1. The molecule has 1 amide bonds. The van der Waals surface area contributed by atoms with Crippen LogP contribution >= 0.6 is 0 Å². The molecule has 0 aromatic heterocycles. The van der Waals surface area contributed by atoms with Crippen molar-refractivity contribution in [1.29, 1.82) is 0 Å². The SMILES string of the molecule is Cc1ccc(C(O)CNC(=O)CCC(=O)c2ccc(-c3ccccc3)cc2)cc1. The van der Waals surface area contributed by atoms with E-state index in [9.17, 15) is 14.7 Å². The van der Waals surface area contributed by atoms with Crippen molar-refractivity contribution in [1.82, 2.24) is 5.32 Å². The van der Waals surface area contributed by atoms with Gasteiger partial charge in [0.15, 0.2) is 5.78 Å². The van der Waals surface area contributed by atoms with Crippen molar-refractivity contribution in [3.05, 3.63) is 95.6 Å². The Morgan fingerprint density at radius 1 is 0.828 bits per heavy atom. The van der Waals surface area contributed by atoms with Crippen LogP contribution < -0.4 is 5.32 Å². The average Bonchev–Trinajstić information content (AvgIpc) is 2.77. The lowest BCUT2D eigenvalue weighted by Gasteiger charge is -2.12. The molecule has 29 heavy (non-hydrogen) atoms. The largest absolute Gasteiger partial charge is 0.387 e. The average molecular weight is 387 g/mol. The van der Waals surface area contributed by atoms with Crippen molar-refractivity contribution in [2.45, 2.75) is 25.9 Å². The lowest BCUT2D eigenvalue weighted by atomic mass is 10.0. The Labute approximate surface area is 171 Å². The fourth-order valence-electron chi connectivity index (χ4n) is 3.06. The molecule has 3 aromatic carbocycles. The van der Waals surface area contributed by atoms with E-state index in [1.165, 1.54) is 0 Å². The van der Waals surface area contributed by atoms with Gasteiger partial charge in [0.2, 0.25) is 5.91 Å². The number of ketones is 1. The Balaban J connectivity index is 1.46. The molecule has 0 radical (unpaired) electrons. The van der Waals surface area contributed by atoms with Crippen LogP contribution in [0.15, 0.2) is 78.9 Å². The van der Waals surface area contributed by atoms with E-state index < -0.39 is 6.10 Å². The summed E-state index contributed by atoms with van der Waals surface area (Å²) >= 11 is 0. The van der Waals surface area contributed by atoms with E-state index in [-0.39, 0.29) is 31.1 Å². The number of aliphatic hydroxyl groups is 1. The summed E-state index contributed by atoms with van der Waals surface area (Å²) in [7, 11) is 0. The molecule has 0 fully saturated rings. The third kappa shape index (κ3) is 5.87. The van der Waals surface area contributed by atoms with Crippen LogP contribution in [0.3, 0.4) is 0 Å². The van der Waals surface area contributed by atoms with Gasteiger partial charge in [-0.1, -0.05) is 84.4 Å². The number of benzene rings is 3. The summed E-state index contributed by atoms with van der Waals surface area (Å²) in [6, 6.07) is 24.9. The van der Waals surface area contributed by atoms with Crippen LogP contribution in [-0.2, 0) is 4.79 Å². The molecule has 0 saturated heterocycles. The maximum Gasteiger partial charge on any atom is 0.220 e. The van der Waals surface area contributed by atoms with Gasteiger partial charge in [-0.05, 0) is 23.6 Å². The molecular weight excluding hydrogens is 362 g/mol. The molecule has 0 aliphatic carbocycles. The number of nitrogens with one attached hydrogen (secondary N) is 1. The fraction of sp³-hybridized carbons (Fsp3) is 0.200. The van der Waals surface area contributed by atoms with Crippen molar-refractivity contribution in [2.75, 3.05) is 6.54 Å². The lowest BCUT2D eigenvalue weighted by molar-refractivity contribution is -0.121. The summed E-state index contributed by atoms with van der Waals surface area (Å²) in [5.74, 6) is -0.315. The zero-order valence-corrected chi connectivity index (χ0v) is 16.5. The van der Waals surface area contributed by atoms with Gasteiger partial charge in [-0.25, -0.2) is 0 Å². The molecule has 0 spiro atoms. The van der Waals surface area contributed by atoms with Gasteiger partial charge in [0.25, 0.3) is 0 Å². The zero-order valence-electron chi connectivity index (χ0n) is 16.5. The molecular formula is C25H25NO3. The Kier molecular flexibility index (Phi) is 6.93. The minimum absolute atomic E-state index is 0.0705. The van der Waals surface area contributed by atoms with Crippen molar-refractivity contribution in [3.63, 3.8) is 0 Å². The first-order valence-corrected chi connectivity index (χ1v) is 9.73. The molecule has 1 atom stereocenters. The molecule has 0 saturated carbocycles. The van der Waals surface area contributed by atoms with E-state index in [0.29, 0.717) is 5.56 Å². The highest BCUT2D eigenvalue weighted by Gasteiger charge is 2.12. The quantitative estimate of drug-likeness (QED) is 0.560. The number of hydrogen-bond acceptors (Lipinski definition) is 3. The number of carbonyl (C=O) groups is 2. The first-order chi connectivity index (χ1) is 14.0. The smallest absolute Gasteiger partial charge is 0.220 e.